The van der Waals surface area contributed by atoms with Crippen molar-refractivity contribution in [1.82, 2.24) is 4.98 Å². The van der Waals surface area contributed by atoms with Gasteiger partial charge in [-0.3, -0.25) is 0 Å². The van der Waals surface area contributed by atoms with Crippen molar-refractivity contribution in [2.75, 3.05) is 5.73 Å². The molecule has 0 saturated carbocycles. The van der Waals surface area contributed by atoms with E-state index in [2.05, 4.69) is 4.98 Å². The van der Waals surface area contributed by atoms with Gasteiger partial charge in [-0.1, -0.05) is 11.8 Å². The molecule has 2 aromatic rings. The van der Waals surface area contributed by atoms with Crippen LogP contribution in [0.4, 0.5) is 10.1 Å². The van der Waals surface area contributed by atoms with Crippen LogP contribution in [0.2, 0.25) is 0 Å². The van der Waals surface area contributed by atoms with Crippen LogP contribution >= 0.6 is 23.1 Å². The summed E-state index contributed by atoms with van der Waals surface area (Å²) < 4.78 is 14.0. The fourth-order valence-corrected chi connectivity index (χ4v) is 2.82. The SMILES string of the molecule is Cc1cc(Sc2nccs2)c(N)cc1F. The Morgan fingerprint density at radius 3 is 2.93 bits per heavy atom. The highest BCUT2D eigenvalue weighted by molar-refractivity contribution is 8.01. The topological polar surface area (TPSA) is 38.9 Å². The van der Waals surface area contributed by atoms with Crippen molar-refractivity contribution >= 4 is 28.8 Å². The zero-order chi connectivity index (χ0) is 10.8. The molecule has 0 aliphatic rings. The van der Waals surface area contributed by atoms with Crippen LogP contribution in [-0.4, -0.2) is 4.98 Å². The lowest BCUT2D eigenvalue weighted by Gasteiger charge is -2.05. The van der Waals surface area contributed by atoms with Crippen LogP contribution in [0.1, 0.15) is 5.56 Å². The maximum absolute atomic E-state index is 13.1. The van der Waals surface area contributed by atoms with Gasteiger partial charge in [0.1, 0.15) is 5.82 Å². The minimum absolute atomic E-state index is 0.268. The molecule has 0 atom stereocenters. The predicted octanol–water partition coefficient (Wildman–Crippen LogP) is 3.32. The van der Waals surface area contributed by atoms with E-state index in [0.29, 0.717) is 11.3 Å². The van der Waals surface area contributed by atoms with Gasteiger partial charge in [-0.2, -0.15) is 0 Å². The summed E-state index contributed by atoms with van der Waals surface area (Å²) in [5.41, 5.74) is 6.78. The molecule has 2 rings (SSSR count). The molecule has 1 aromatic heterocycles. The van der Waals surface area contributed by atoms with Crippen molar-refractivity contribution < 1.29 is 4.39 Å². The number of halogens is 1. The number of hydrogen-bond donors (Lipinski definition) is 1. The number of thiazole rings is 1. The lowest BCUT2D eigenvalue weighted by molar-refractivity contribution is 0.618. The summed E-state index contributed by atoms with van der Waals surface area (Å²) in [6.07, 6.45) is 1.74. The number of nitrogens with zero attached hydrogens (tertiary/aromatic N) is 1. The first-order chi connectivity index (χ1) is 7.16. The molecule has 2 nitrogen and oxygen atoms in total. The quantitative estimate of drug-likeness (QED) is 0.818. The second-order valence-electron chi connectivity index (χ2n) is 3.04. The minimum Gasteiger partial charge on any atom is -0.398 e. The van der Waals surface area contributed by atoms with Crippen LogP contribution in [0.3, 0.4) is 0 Å². The van der Waals surface area contributed by atoms with Gasteiger partial charge in [-0.15, -0.1) is 11.3 Å². The van der Waals surface area contributed by atoms with E-state index in [1.165, 1.54) is 29.2 Å². The van der Waals surface area contributed by atoms with Crippen molar-refractivity contribution in [3.63, 3.8) is 0 Å². The summed E-state index contributed by atoms with van der Waals surface area (Å²) in [5.74, 6) is -0.268. The summed E-state index contributed by atoms with van der Waals surface area (Å²) in [7, 11) is 0. The second-order valence-corrected chi connectivity index (χ2v) is 5.22. The Hall–Kier alpha value is -1.07. The minimum atomic E-state index is -0.268. The van der Waals surface area contributed by atoms with E-state index in [-0.39, 0.29) is 5.82 Å². The average Bonchev–Trinajstić information content (AvgIpc) is 2.67. The first kappa shape index (κ1) is 10.4. The number of nitrogen functional groups attached to an aromatic ring is 1. The van der Waals surface area contributed by atoms with Gasteiger partial charge in [-0.05, 0) is 24.6 Å². The number of aromatic nitrogens is 1. The monoisotopic (exact) mass is 240 g/mol. The lowest BCUT2D eigenvalue weighted by atomic mass is 10.2. The van der Waals surface area contributed by atoms with Crippen LogP contribution in [-0.2, 0) is 0 Å². The molecule has 0 aliphatic heterocycles. The van der Waals surface area contributed by atoms with Gasteiger partial charge in [0.05, 0.1) is 0 Å². The highest BCUT2D eigenvalue weighted by atomic mass is 32.2. The third kappa shape index (κ3) is 2.30. The molecule has 0 aliphatic carbocycles. The Bertz CT molecular complexity index is 469. The molecule has 0 amide bonds. The molecular weight excluding hydrogens is 231 g/mol. The van der Waals surface area contributed by atoms with E-state index in [0.717, 1.165) is 9.24 Å². The molecule has 0 fully saturated rings. The molecule has 0 unspecified atom stereocenters. The van der Waals surface area contributed by atoms with Crippen molar-refractivity contribution in [2.45, 2.75) is 16.2 Å². The van der Waals surface area contributed by atoms with Gasteiger partial charge >= 0.3 is 0 Å². The number of aryl methyl sites for hydroxylation is 1. The van der Waals surface area contributed by atoms with Crippen molar-refractivity contribution in [1.29, 1.82) is 0 Å². The number of rotatable bonds is 2. The third-order valence-electron chi connectivity index (χ3n) is 1.90. The van der Waals surface area contributed by atoms with Crippen LogP contribution in [0.15, 0.2) is 32.9 Å². The normalized spacial score (nSPS) is 10.5. The predicted molar refractivity (Wildman–Crippen MR) is 61.8 cm³/mol. The molecular formula is C10H9FN2S2. The standard InChI is InChI=1S/C10H9FN2S2/c1-6-4-9(8(12)5-7(6)11)15-10-13-2-3-14-10/h2-5H,12H2,1H3. The van der Waals surface area contributed by atoms with Gasteiger partial charge < -0.3 is 5.73 Å². The van der Waals surface area contributed by atoms with Gasteiger partial charge in [0.15, 0.2) is 4.34 Å². The van der Waals surface area contributed by atoms with Gasteiger partial charge in [0.25, 0.3) is 0 Å². The fraction of sp³-hybridized carbons (Fsp3) is 0.100. The van der Waals surface area contributed by atoms with Gasteiger partial charge in [0, 0.05) is 22.2 Å². The van der Waals surface area contributed by atoms with E-state index in [9.17, 15) is 4.39 Å². The molecule has 2 N–H and O–H groups in total. The molecule has 1 aromatic carbocycles. The maximum Gasteiger partial charge on any atom is 0.154 e. The Balaban J connectivity index is 2.33. The van der Waals surface area contributed by atoms with Crippen LogP contribution in [0.25, 0.3) is 0 Å². The Morgan fingerprint density at radius 2 is 2.27 bits per heavy atom. The molecule has 0 spiro atoms. The Morgan fingerprint density at radius 1 is 1.47 bits per heavy atom. The summed E-state index contributed by atoms with van der Waals surface area (Å²) in [6.45, 7) is 1.72. The molecule has 0 saturated heterocycles. The Labute approximate surface area is 95.3 Å². The number of hydrogen-bond acceptors (Lipinski definition) is 4. The first-order valence-electron chi connectivity index (χ1n) is 4.30. The number of nitrogens with two attached hydrogens (primary N) is 1. The lowest BCUT2D eigenvalue weighted by Crippen LogP contribution is -1.92. The summed E-state index contributed by atoms with van der Waals surface area (Å²) in [6, 6.07) is 3.10. The summed E-state index contributed by atoms with van der Waals surface area (Å²) in [5, 5.41) is 1.90. The van der Waals surface area contributed by atoms with Gasteiger partial charge in [0.2, 0.25) is 0 Å². The number of anilines is 1. The number of benzene rings is 1. The van der Waals surface area contributed by atoms with Gasteiger partial charge in [-0.25, -0.2) is 9.37 Å². The second kappa shape index (κ2) is 4.20. The zero-order valence-corrected chi connectivity index (χ0v) is 9.66. The first-order valence-corrected chi connectivity index (χ1v) is 5.99. The molecule has 0 radical (unpaired) electrons. The van der Waals surface area contributed by atoms with Crippen LogP contribution in [0.5, 0.6) is 0 Å². The summed E-state index contributed by atoms with van der Waals surface area (Å²) >= 11 is 3.00. The molecule has 5 heteroatoms. The molecule has 1 heterocycles. The van der Waals surface area contributed by atoms with E-state index < -0.39 is 0 Å². The largest absolute Gasteiger partial charge is 0.398 e. The molecule has 0 bridgehead atoms. The smallest absolute Gasteiger partial charge is 0.154 e. The molecule has 78 valence electrons. The third-order valence-corrected chi connectivity index (χ3v) is 3.86. The molecule has 15 heavy (non-hydrogen) atoms. The van der Waals surface area contributed by atoms with Crippen molar-refractivity contribution in [3.8, 4) is 0 Å². The zero-order valence-electron chi connectivity index (χ0n) is 8.03. The van der Waals surface area contributed by atoms with E-state index in [4.69, 9.17) is 5.73 Å². The average molecular weight is 240 g/mol. The van der Waals surface area contributed by atoms with Crippen LogP contribution < -0.4 is 5.73 Å². The highest BCUT2D eigenvalue weighted by Gasteiger charge is 2.07. The van der Waals surface area contributed by atoms with Crippen LogP contribution in [0, 0.1) is 12.7 Å². The van der Waals surface area contributed by atoms with Crippen molar-refractivity contribution in [2.24, 2.45) is 0 Å². The summed E-state index contributed by atoms with van der Waals surface area (Å²) in [4.78, 5) is 4.99. The highest BCUT2D eigenvalue weighted by Crippen LogP contribution is 2.34. The maximum atomic E-state index is 13.1. The Kier molecular flexibility index (Phi) is 2.93. The van der Waals surface area contributed by atoms with Crippen molar-refractivity contribution in [3.05, 3.63) is 35.1 Å². The fourth-order valence-electron chi connectivity index (χ4n) is 1.11. The van der Waals surface area contributed by atoms with E-state index in [1.807, 2.05) is 5.38 Å². The van der Waals surface area contributed by atoms with E-state index in [1.54, 1.807) is 19.2 Å². The van der Waals surface area contributed by atoms with E-state index >= 15 is 0 Å².